The standard InChI is InChI=1S/C17H30N2O4/c1-12(2)8-14(17(22)23)10-18-16(21)11-19-15(20)9-13-6-4-3-5-7-13/h12-14H,3-11H2,1-2H3,(H,18,21)(H,19,20)(H,22,23). The average molecular weight is 326 g/mol. The number of hydrogen-bond acceptors (Lipinski definition) is 3. The average Bonchev–Trinajstić information content (AvgIpc) is 2.49. The van der Waals surface area contributed by atoms with E-state index in [1.54, 1.807) is 0 Å². The van der Waals surface area contributed by atoms with Crippen LogP contribution in [0.5, 0.6) is 0 Å². The van der Waals surface area contributed by atoms with Crippen molar-refractivity contribution < 1.29 is 19.5 Å². The summed E-state index contributed by atoms with van der Waals surface area (Å²) in [5.74, 6) is -1.23. The van der Waals surface area contributed by atoms with Crippen molar-refractivity contribution in [1.29, 1.82) is 0 Å². The van der Waals surface area contributed by atoms with Gasteiger partial charge in [-0.05, 0) is 31.1 Å². The summed E-state index contributed by atoms with van der Waals surface area (Å²) in [5, 5.41) is 14.3. The molecular weight excluding hydrogens is 296 g/mol. The molecule has 1 fully saturated rings. The maximum absolute atomic E-state index is 11.8. The van der Waals surface area contributed by atoms with Gasteiger partial charge in [0.1, 0.15) is 0 Å². The van der Waals surface area contributed by atoms with Crippen molar-refractivity contribution in [3.63, 3.8) is 0 Å². The highest BCUT2D eigenvalue weighted by Crippen LogP contribution is 2.25. The molecule has 3 N–H and O–H groups in total. The minimum absolute atomic E-state index is 0.0838. The van der Waals surface area contributed by atoms with Crippen LogP contribution in [-0.4, -0.2) is 36.0 Å². The molecule has 1 saturated carbocycles. The summed E-state index contributed by atoms with van der Waals surface area (Å²) in [5.41, 5.74) is 0. The molecule has 0 saturated heterocycles. The minimum Gasteiger partial charge on any atom is -0.481 e. The van der Waals surface area contributed by atoms with Crippen LogP contribution in [0.2, 0.25) is 0 Å². The van der Waals surface area contributed by atoms with Gasteiger partial charge in [0, 0.05) is 13.0 Å². The van der Waals surface area contributed by atoms with Crippen molar-refractivity contribution >= 4 is 17.8 Å². The number of nitrogens with one attached hydrogen (secondary N) is 2. The van der Waals surface area contributed by atoms with Crippen molar-refractivity contribution in [1.82, 2.24) is 10.6 Å². The zero-order valence-electron chi connectivity index (χ0n) is 14.3. The Morgan fingerprint density at radius 3 is 2.26 bits per heavy atom. The Bertz CT molecular complexity index is 403. The number of carbonyl (C=O) groups excluding carboxylic acids is 2. The molecule has 0 aromatic carbocycles. The maximum atomic E-state index is 11.8. The van der Waals surface area contributed by atoms with Gasteiger partial charge in [-0.15, -0.1) is 0 Å². The first kappa shape index (κ1) is 19.5. The summed E-state index contributed by atoms with van der Waals surface area (Å²) in [6, 6.07) is 0. The Labute approximate surface area is 138 Å². The zero-order chi connectivity index (χ0) is 17.2. The molecule has 1 aliphatic carbocycles. The number of aliphatic carboxylic acids is 1. The smallest absolute Gasteiger partial charge is 0.308 e. The third kappa shape index (κ3) is 8.57. The number of rotatable bonds is 9. The first-order valence-electron chi connectivity index (χ1n) is 8.64. The molecule has 0 aromatic heterocycles. The van der Waals surface area contributed by atoms with Gasteiger partial charge < -0.3 is 15.7 Å². The number of carboxylic acid groups (broad SMARTS) is 1. The number of hydrogen-bond donors (Lipinski definition) is 3. The van der Waals surface area contributed by atoms with Crippen molar-refractivity contribution in [3.05, 3.63) is 0 Å². The highest BCUT2D eigenvalue weighted by molar-refractivity contribution is 5.85. The Morgan fingerprint density at radius 2 is 1.70 bits per heavy atom. The predicted molar refractivity (Wildman–Crippen MR) is 87.8 cm³/mol. The fraction of sp³-hybridized carbons (Fsp3) is 0.824. The summed E-state index contributed by atoms with van der Waals surface area (Å²) >= 11 is 0. The quantitative estimate of drug-likeness (QED) is 0.603. The van der Waals surface area contributed by atoms with Gasteiger partial charge in [-0.2, -0.15) is 0 Å². The lowest BCUT2D eigenvalue weighted by Crippen LogP contribution is -2.40. The summed E-state index contributed by atoms with van der Waals surface area (Å²) in [6.07, 6.45) is 6.81. The van der Waals surface area contributed by atoms with E-state index < -0.39 is 11.9 Å². The van der Waals surface area contributed by atoms with Crippen LogP contribution < -0.4 is 10.6 Å². The Balaban J connectivity index is 2.22. The molecule has 1 unspecified atom stereocenters. The highest BCUT2D eigenvalue weighted by Gasteiger charge is 2.20. The van der Waals surface area contributed by atoms with Gasteiger partial charge in [-0.1, -0.05) is 33.1 Å². The van der Waals surface area contributed by atoms with Gasteiger partial charge in [0.05, 0.1) is 12.5 Å². The molecule has 0 aromatic rings. The molecule has 0 radical (unpaired) electrons. The number of carbonyl (C=O) groups is 3. The van der Waals surface area contributed by atoms with Gasteiger partial charge in [0.15, 0.2) is 0 Å². The third-order valence-electron chi connectivity index (χ3n) is 4.30. The van der Waals surface area contributed by atoms with Gasteiger partial charge in [-0.25, -0.2) is 0 Å². The molecule has 1 aliphatic rings. The highest BCUT2D eigenvalue weighted by atomic mass is 16.4. The first-order valence-corrected chi connectivity index (χ1v) is 8.64. The Hall–Kier alpha value is -1.59. The molecule has 0 spiro atoms. The summed E-state index contributed by atoms with van der Waals surface area (Å²) in [6.45, 7) is 3.91. The lowest BCUT2D eigenvalue weighted by molar-refractivity contribution is -0.142. The summed E-state index contributed by atoms with van der Waals surface area (Å²) in [7, 11) is 0. The van der Waals surface area contributed by atoms with Crippen LogP contribution in [0.15, 0.2) is 0 Å². The second kappa shape index (κ2) is 10.2. The van der Waals surface area contributed by atoms with E-state index in [2.05, 4.69) is 10.6 Å². The predicted octanol–water partition coefficient (Wildman–Crippen LogP) is 1.94. The second-order valence-electron chi connectivity index (χ2n) is 6.95. The van der Waals surface area contributed by atoms with Crippen molar-refractivity contribution in [2.45, 2.75) is 58.8 Å². The molecule has 6 nitrogen and oxygen atoms in total. The Kier molecular flexibility index (Phi) is 8.66. The van der Waals surface area contributed by atoms with Gasteiger partial charge >= 0.3 is 5.97 Å². The molecular formula is C17H30N2O4. The molecule has 6 heteroatoms. The van der Waals surface area contributed by atoms with E-state index in [9.17, 15) is 14.4 Å². The molecule has 1 rings (SSSR count). The second-order valence-corrected chi connectivity index (χ2v) is 6.95. The van der Waals surface area contributed by atoms with Crippen LogP contribution in [0.4, 0.5) is 0 Å². The fourth-order valence-corrected chi connectivity index (χ4v) is 3.04. The summed E-state index contributed by atoms with van der Waals surface area (Å²) < 4.78 is 0. The number of carboxylic acids is 1. The molecule has 2 amide bonds. The van der Waals surface area contributed by atoms with Gasteiger partial charge in [0.2, 0.25) is 11.8 Å². The van der Waals surface area contributed by atoms with E-state index in [-0.39, 0.29) is 30.8 Å². The first-order chi connectivity index (χ1) is 10.9. The van der Waals surface area contributed by atoms with Crippen molar-refractivity contribution in [3.8, 4) is 0 Å². The Morgan fingerprint density at radius 1 is 1.04 bits per heavy atom. The van der Waals surface area contributed by atoms with E-state index in [0.717, 1.165) is 12.8 Å². The normalized spacial score (nSPS) is 16.8. The molecule has 0 bridgehead atoms. The minimum atomic E-state index is -0.902. The molecule has 1 atom stereocenters. The lowest BCUT2D eigenvalue weighted by atomic mass is 9.87. The van der Waals surface area contributed by atoms with Gasteiger partial charge in [0.25, 0.3) is 0 Å². The van der Waals surface area contributed by atoms with E-state index in [1.165, 1.54) is 19.3 Å². The molecule has 23 heavy (non-hydrogen) atoms. The SMILES string of the molecule is CC(C)CC(CNC(=O)CNC(=O)CC1CCCCC1)C(=O)O. The van der Waals surface area contributed by atoms with Crippen LogP contribution in [0.1, 0.15) is 58.8 Å². The monoisotopic (exact) mass is 326 g/mol. The summed E-state index contributed by atoms with van der Waals surface area (Å²) in [4.78, 5) is 34.7. The van der Waals surface area contributed by atoms with Crippen LogP contribution >= 0.6 is 0 Å². The molecule has 132 valence electrons. The van der Waals surface area contributed by atoms with E-state index in [1.807, 2.05) is 13.8 Å². The maximum Gasteiger partial charge on any atom is 0.308 e. The van der Waals surface area contributed by atoms with Crippen LogP contribution in [0.25, 0.3) is 0 Å². The van der Waals surface area contributed by atoms with Crippen molar-refractivity contribution in [2.75, 3.05) is 13.1 Å². The van der Waals surface area contributed by atoms with Gasteiger partial charge in [-0.3, -0.25) is 14.4 Å². The molecule has 0 aliphatic heterocycles. The number of amides is 2. The lowest BCUT2D eigenvalue weighted by Gasteiger charge is -2.20. The topological polar surface area (TPSA) is 95.5 Å². The fourth-order valence-electron chi connectivity index (χ4n) is 3.04. The van der Waals surface area contributed by atoms with Crippen LogP contribution in [-0.2, 0) is 14.4 Å². The van der Waals surface area contributed by atoms with Crippen molar-refractivity contribution in [2.24, 2.45) is 17.8 Å². The van der Waals surface area contributed by atoms with Crippen LogP contribution in [0.3, 0.4) is 0 Å². The molecule has 0 heterocycles. The third-order valence-corrected chi connectivity index (χ3v) is 4.30. The van der Waals surface area contributed by atoms with E-state index in [4.69, 9.17) is 5.11 Å². The van der Waals surface area contributed by atoms with E-state index >= 15 is 0 Å². The van der Waals surface area contributed by atoms with Crippen LogP contribution in [0, 0.1) is 17.8 Å². The largest absolute Gasteiger partial charge is 0.481 e. The zero-order valence-corrected chi connectivity index (χ0v) is 14.3. The van der Waals surface area contributed by atoms with E-state index in [0.29, 0.717) is 18.8 Å².